The fraction of sp³-hybridized carbons (Fsp3) is 0.500. The van der Waals surface area contributed by atoms with Gasteiger partial charge in [0.25, 0.3) is 11.5 Å². The highest BCUT2D eigenvalue weighted by atomic mass is 16.2. The topological polar surface area (TPSA) is 58.4 Å². The van der Waals surface area contributed by atoms with Gasteiger partial charge in [0, 0.05) is 68.4 Å². The van der Waals surface area contributed by atoms with E-state index >= 15 is 0 Å². The van der Waals surface area contributed by atoms with Crippen LogP contribution in [0.4, 0.5) is 0 Å². The smallest absolute Gasteiger partial charge is 0.254 e. The minimum atomic E-state index is -0.126. The minimum Gasteiger partial charge on any atom is -0.335 e. The summed E-state index contributed by atoms with van der Waals surface area (Å²) >= 11 is 0. The molecule has 1 amide bonds. The first-order valence-electron chi connectivity index (χ1n) is 10.3. The molecule has 28 heavy (non-hydrogen) atoms. The van der Waals surface area contributed by atoms with Crippen LogP contribution in [0.2, 0.25) is 0 Å². The van der Waals surface area contributed by atoms with E-state index in [0.717, 1.165) is 38.2 Å². The van der Waals surface area contributed by atoms with E-state index in [9.17, 15) is 9.59 Å². The molecule has 6 heteroatoms. The molecule has 3 heterocycles. The van der Waals surface area contributed by atoms with Crippen LogP contribution in [-0.2, 0) is 13.0 Å². The number of aryl methyl sites for hydroxylation is 1. The molecular weight excluding hydrogens is 352 g/mol. The zero-order valence-corrected chi connectivity index (χ0v) is 16.9. The lowest BCUT2D eigenvalue weighted by molar-refractivity contribution is 0.0579. The average Bonchev–Trinajstić information content (AvgIpc) is 2.75. The first-order chi connectivity index (χ1) is 13.6. The van der Waals surface area contributed by atoms with Crippen LogP contribution < -0.4 is 5.56 Å². The van der Waals surface area contributed by atoms with Crippen LogP contribution in [0.1, 0.15) is 42.7 Å². The third-order valence-electron chi connectivity index (χ3n) is 5.62. The van der Waals surface area contributed by atoms with E-state index in [1.54, 1.807) is 23.0 Å². The quantitative estimate of drug-likeness (QED) is 0.738. The van der Waals surface area contributed by atoms with Crippen LogP contribution >= 0.6 is 0 Å². The standard InChI is InChI=1S/C22H30N4O2/c1-3-24-13-10-20(11-14-24)26(16-9-19-7-5-6-12-23-19)22(28)18-8-15-25(4-2)21(27)17-18/h5-8,12,15,17,20H,3-4,9-11,13-14,16H2,1-2H3. The van der Waals surface area contributed by atoms with E-state index in [-0.39, 0.29) is 17.5 Å². The molecule has 6 nitrogen and oxygen atoms in total. The number of amides is 1. The third kappa shape index (κ3) is 4.87. The summed E-state index contributed by atoms with van der Waals surface area (Å²) in [6.45, 7) is 8.37. The SMILES string of the molecule is CCN1CCC(N(CCc2ccccn2)C(=O)c2ccn(CC)c(=O)c2)CC1. The number of hydrogen-bond acceptors (Lipinski definition) is 4. The summed E-state index contributed by atoms with van der Waals surface area (Å²) in [5.41, 5.74) is 1.33. The molecule has 0 radical (unpaired) electrons. The van der Waals surface area contributed by atoms with Crippen LogP contribution in [0.25, 0.3) is 0 Å². The van der Waals surface area contributed by atoms with Crippen molar-refractivity contribution in [3.8, 4) is 0 Å². The van der Waals surface area contributed by atoms with Gasteiger partial charge >= 0.3 is 0 Å². The van der Waals surface area contributed by atoms with Crippen molar-refractivity contribution < 1.29 is 4.79 Å². The van der Waals surface area contributed by atoms with Gasteiger partial charge in [-0.15, -0.1) is 0 Å². The summed E-state index contributed by atoms with van der Waals surface area (Å²) in [7, 11) is 0. The van der Waals surface area contributed by atoms with Crippen molar-refractivity contribution in [1.82, 2.24) is 19.4 Å². The highest BCUT2D eigenvalue weighted by Gasteiger charge is 2.28. The largest absolute Gasteiger partial charge is 0.335 e. The van der Waals surface area contributed by atoms with Crippen LogP contribution in [0.15, 0.2) is 47.5 Å². The summed E-state index contributed by atoms with van der Waals surface area (Å²) in [6, 6.07) is 9.30. The Bertz CT molecular complexity index is 826. The second-order valence-electron chi connectivity index (χ2n) is 7.27. The maximum atomic E-state index is 13.3. The molecule has 1 fully saturated rings. The lowest BCUT2D eigenvalue weighted by Gasteiger charge is -2.38. The van der Waals surface area contributed by atoms with E-state index in [2.05, 4.69) is 16.8 Å². The van der Waals surface area contributed by atoms with Crippen molar-refractivity contribution in [3.05, 3.63) is 64.3 Å². The number of rotatable bonds is 7. The highest BCUT2D eigenvalue weighted by molar-refractivity contribution is 5.94. The molecule has 3 rings (SSSR count). The summed E-state index contributed by atoms with van der Waals surface area (Å²) < 4.78 is 1.61. The molecule has 0 aromatic carbocycles. The molecule has 1 saturated heterocycles. The normalized spacial score (nSPS) is 15.5. The number of nitrogens with zero attached hydrogens (tertiary/aromatic N) is 4. The predicted octanol–water partition coefficient (Wildman–Crippen LogP) is 2.43. The molecule has 2 aromatic rings. The van der Waals surface area contributed by atoms with Gasteiger partial charge in [-0.2, -0.15) is 0 Å². The fourth-order valence-corrected chi connectivity index (χ4v) is 3.85. The molecular formula is C22H30N4O2. The zero-order chi connectivity index (χ0) is 19.9. The Morgan fingerprint density at radius 1 is 1.18 bits per heavy atom. The van der Waals surface area contributed by atoms with Crippen molar-refractivity contribution in [2.45, 2.75) is 45.7 Å². The summed E-state index contributed by atoms with van der Waals surface area (Å²) in [5.74, 6) is -0.0498. The first kappa shape index (κ1) is 20.3. The van der Waals surface area contributed by atoms with Gasteiger partial charge in [-0.1, -0.05) is 13.0 Å². The van der Waals surface area contributed by atoms with E-state index in [1.807, 2.05) is 30.0 Å². The molecule has 1 aliphatic rings. The van der Waals surface area contributed by atoms with Gasteiger partial charge in [0.1, 0.15) is 0 Å². The Morgan fingerprint density at radius 2 is 1.96 bits per heavy atom. The second-order valence-corrected chi connectivity index (χ2v) is 7.27. The Morgan fingerprint density at radius 3 is 2.57 bits per heavy atom. The number of piperidine rings is 1. The Hall–Kier alpha value is -2.47. The molecule has 0 N–H and O–H groups in total. The number of carbonyl (C=O) groups excluding carboxylic acids is 1. The van der Waals surface area contributed by atoms with E-state index in [4.69, 9.17) is 0 Å². The molecule has 0 unspecified atom stereocenters. The molecule has 2 aromatic heterocycles. The minimum absolute atomic E-state index is 0.0498. The number of hydrogen-bond donors (Lipinski definition) is 0. The van der Waals surface area contributed by atoms with E-state index in [0.29, 0.717) is 25.1 Å². The molecule has 0 aliphatic carbocycles. The molecule has 0 saturated carbocycles. The van der Waals surface area contributed by atoms with Crippen LogP contribution in [-0.4, -0.2) is 57.5 Å². The second kappa shape index (κ2) is 9.64. The van der Waals surface area contributed by atoms with Crippen molar-refractivity contribution >= 4 is 5.91 Å². The summed E-state index contributed by atoms with van der Waals surface area (Å²) in [4.78, 5) is 34.3. The van der Waals surface area contributed by atoms with Gasteiger partial charge < -0.3 is 14.4 Å². The van der Waals surface area contributed by atoms with Gasteiger partial charge in [0.15, 0.2) is 0 Å². The monoisotopic (exact) mass is 382 g/mol. The first-order valence-corrected chi connectivity index (χ1v) is 10.3. The molecule has 150 valence electrons. The van der Waals surface area contributed by atoms with E-state index < -0.39 is 0 Å². The Balaban J connectivity index is 1.79. The number of aromatic nitrogens is 2. The van der Waals surface area contributed by atoms with Crippen LogP contribution in [0, 0.1) is 0 Å². The number of likely N-dealkylation sites (tertiary alicyclic amines) is 1. The van der Waals surface area contributed by atoms with Crippen molar-refractivity contribution in [1.29, 1.82) is 0 Å². The van der Waals surface area contributed by atoms with Crippen molar-refractivity contribution in [2.75, 3.05) is 26.2 Å². The van der Waals surface area contributed by atoms with Gasteiger partial charge in [-0.3, -0.25) is 14.6 Å². The highest BCUT2D eigenvalue weighted by Crippen LogP contribution is 2.19. The maximum Gasteiger partial charge on any atom is 0.254 e. The lowest BCUT2D eigenvalue weighted by atomic mass is 10.0. The molecule has 0 spiro atoms. The fourth-order valence-electron chi connectivity index (χ4n) is 3.85. The lowest BCUT2D eigenvalue weighted by Crippen LogP contribution is -2.48. The van der Waals surface area contributed by atoms with Crippen molar-refractivity contribution in [3.63, 3.8) is 0 Å². The van der Waals surface area contributed by atoms with Crippen LogP contribution in [0.3, 0.4) is 0 Å². The number of carbonyl (C=O) groups is 1. The average molecular weight is 383 g/mol. The molecule has 0 bridgehead atoms. The van der Waals surface area contributed by atoms with Gasteiger partial charge in [-0.05, 0) is 44.5 Å². The predicted molar refractivity (Wildman–Crippen MR) is 110 cm³/mol. The third-order valence-corrected chi connectivity index (χ3v) is 5.62. The number of pyridine rings is 2. The van der Waals surface area contributed by atoms with Crippen LogP contribution in [0.5, 0.6) is 0 Å². The zero-order valence-electron chi connectivity index (χ0n) is 16.9. The van der Waals surface area contributed by atoms with Crippen molar-refractivity contribution in [2.24, 2.45) is 0 Å². The summed E-state index contributed by atoms with van der Waals surface area (Å²) in [5, 5.41) is 0. The molecule has 1 aliphatic heterocycles. The Kier molecular flexibility index (Phi) is 6.98. The maximum absolute atomic E-state index is 13.3. The van der Waals surface area contributed by atoms with Gasteiger partial charge in [0.2, 0.25) is 0 Å². The summed E-state index contributed by atoms with van der Waals surface area (Å²) in [6.07, 6.45) is 6.14. The van der Waals surface area contributed by atoms with Gasteiger partial charge in [0.05, 0.1) is 0 Å². The molecule has 0 atom stereocenters. The van der Waals surface area contributed by atoms with Gasteiger partial charge in [-0.25, -0.2) is 0 Å². The van der Waals surface area contributed by atoms with E-state index in [1.165, 1.54) is 6.07 Å². The Labute approximate surface area is 166 Å².